The van der Waals surface area contributed by atoms with Crippen molar-refractivity contribution in [1.82, 2.24) is 14.7 Å². The largest absolute Gasteiger partial charge is 0.497 e. The number of esters is 3. The number of rotatable bonds is 30. The van der Waals surface area contributed by atoms with Crippen LogP contribution in [0.15, 0.2) is 146 Å². The number of carbonyl (C=O) groups excluding carboxylic acids is 3. The summed E-state index contributed by atoms with van der Waals surface area (Å²) in [6.07, 6.45) is 4.45. The third kappa shape index (κ3) is 27.0. The van der Waals surface area contributed by atoms with Crippen molar-refractivity contribution in [3.63, 3.8) is 0 Å². The van der Waals surface area contributed by atoms with E-state index >= 15 is 0 Å². The third-order valence-corrected chi connectivity index (χ3v) is 12.4. The minimum absolute atomic E-state index is 0.293. The van der Waals surface area contributed by atoms with Crippen molar-refractivity contribution in [2.24, 2.45) is 0 Å². The third-order valence-electron chi connectivity index (χ3n) is 12.4. The van der Waals surface area contributed by atoms with Crippen molar-refractivity contribution >= 4 is 17.9 Å². The van der Waals surface area contributed by atoms with E-state index in [2.05, 4.69) is 54.6 Å². The lowest BCUT2D eigenvalue weighted by molar-refractivity contribution is -0.149. The molecule has 0 bridgehead atoms. The highest BCUT2D eigenvalue weighted by atomic mass is 16.6. The molecule has 6 aromatic rings. The SMILES string of the molecule is COc1ccc(CCc2ccccc2OCC(CN(C)C)OC(C)=O)cc1.COc1ccc(CCc2ccccc2OC[C@@H](CN(C)C)OC(C)=O)cc1.COc1ccc(CCc2ccccc2OC[C@H](CN(C)C)OC(C)=O)cc1. The normalized spacial score (nSPS) is 11.9. The number of ether oxygens (including phenoxy) is 9. The summed E-state index contributed by atoms with van der Waals surface area (Å²) in [5.74, 6) is 4.21. The lowest BCUT2D eigenvalue weighted by Gasteiger charge is -2.22. The van der Waals surface area contributed by atoms with Crippen LogP contribution in [0.5, 0.6) is 34.5 Å². The van der Waals surface area contributed by atoms with Gasteiger partial charge in [0.15, 0.2) is 0 Å². The highest BCUT2D eigenvalue weighted by molar-refractivity contribution is 5.67. The molecule has 0 spiro atoms. The van der Waals surface area contributed by atoms with Crippen LogP contribution < -0.4 is 28.4 Å². The van der Waals surface area contributed by atoms with Gasteiger partial charge in [-0.15, -0.1) is 0 Å². The van der Waals surface area contributed by atoms with E-state index in [9.17, 15) is 14.4 Å². The van der Waals surface area contributed by atoms with Crippen LogP contribution in [0.4, 0.5) is 0 Å². The van der Waals surface area contributed by atoms with Gasteiger partial charge < -0.3 is 57.3 Å². The number of carbonyl (C=O) groups is 3. The van der Waals surface area contributed by atoms with E-state index in [0.717, 1.165) is 89.7 Å². The molecule has 81 heavy (non-hydrogen) atoms. The minimum atomic E-state index is -0.299. The fraction of sp³-hybridized carbons (Fsp3) is 0.409. The molecule has 0 N–H and O–H groups in total. The van der Waals surface area contributed by atoms with E-state index in [1.807, 2.05) is 148 Å². The average Bonchev–Trinajstić information content (AvgIpc) is 3.44. The molecule has 0 aliphatic rings. The Balaban J connectivity index is 0.000000261. The van der Waals surface area contributed by atoms with Gasteiger partial charge >= 0.3 is 17.9 Å². The molecule has 0 aliphatic carbocycles. The van der Waals surface area contributed by atoms with Crippen molar-refractivity contribution in [2.45, 2.75) is 77.6 Å². The molecule has 15 heteroatoms. The van der Waals surface area contributed by atoms with Crippen LogP contribution in [0, 0.1) is 0 Å². The molecule has 438 valence electrons. The number of likely N-dealkylation sites (N-methyl/N-ethyl adjacent to an activating group) is 3. The number of benzene rings is 6. The van der Waals surface area contributed by atoms with Crippen molar-refractivity contribution in [2.75, 3.05) is 103 Å². The molecule has 0 saturated carbocycles. The van der Waals surface area contributed by atoms with Crippen LogP contribution in [0.3, 0.4) is 0 Å². The molecule has 15 nitrogen and oxygen atoms in total. The Morgan fingerprint density at radius 1 is 0.346 bits per heavy atom. The lowest BCUT2D eigenvalue weighted by atomic mass is 10.0. The van der Waals surface area contributed by atoms with Gasteiger partial charge in [0, 0.05) is 40.4 Å². The topological polar surface area (TPSA) is 144 Å². The van der Waals surface area contributed by atoms with E-state index in [-0.39, 0.29) is 36.2 Å². The number of para-hydroxylation sites is 3. The molecule has 3 atom stereocenters. The number of hydrogen-bond acceptors (Lipinski definition) is 15. The zero-order valence-corrected chi connectivity index (χ0v) is 49.8. The van der Waals surface area contributed by atoms with Gasteiger partial charge in [0.05, 0.1) is 21.3 Å². The maximum Gasteiger partial charge on any atom is 0.303 e. The molecule has 0 saturated heterocycles. The van der Waals surface area contributed by atoms with Crippen molar-refractivity contribution in [3.8, 4) is 34.5 Å². The van der Waals surface area contributed by atoms with Gasteiger partial charge in [-0.2, -0.15) is 0 Å². The quantitative estimate of drug-likeness (QED) is 0.0311. The number of methoxy groups -OCH3 is 3. The van der Waals surface area contributed by atoms with Crippen LogP contribution in [0.1, 0.15) is 54.2 Å². The standard InChI is InChI=1S/3C22H29NO4/c3*1-17(24)27-21(15-23(2)3)16-26-22-8-6-5-7-19(22)12-9-18-10-13-20(25-4)14-11-18/h3*5-8,10-11,13-14,21H,9,12,15-16H2,1-4H3/t2*21-;/m10./s1. The fourth-order valence-electron chi connectivity index (χ4n) is 8.61. The van der Waals surface area contributed by atoms with E-state index in [1.165, 1.54) is 37.5 Å². The Bertz CT molecular complexity index is 2430. The molecule has 6 rings (SSSR count). The lowest BCUT2D eigenvalue weighted by Crippen LogP contribution is -2.34. The highest BCUT2D eigenvalue weighted by Gasteiger charge is 2.18. The smallest absolute Gasteiger partial charge is 0.303 e. The summed E-state index contributed by atoms with van der Waals surface area (Å²) in [6, 6.07) is 48.4. The Morgan fingerprint density at radius 2 is 0.580 bits per heavy atom. The minimum Gasteiger partial charge on any atom is -0.497 e. The van der Waals surface area contributed by atoms with E-state index in [4.69, 9.17) is 42.6 Å². The molecule has 0 aromatic heterocycles. The van der Waals surface area contributed by atoms with Gasteiger partial charge in [0.25, 0.3) is 0 Å². The average molecular weight is 1110 g/mol. The Hall–Kier alpha value is -7.59. The van der Waals surface area contributed by atoms with Gasteiger partial charge in [-0.1, -0.05) is 91.0 Å². The zero-order chi connectivity index (χ0) is 58.9. The van der Waals surface area contributed by atoms with Gasteiger partial charge in [-0.25, -0.2) is 0 Å². The maximum atomic E-state index is 11.3. The first-order valence-electron chi connectivity index (χ1n) is 27.4. The summed E-state index contributed by atoms with van der Waals surface area (Å²) in [5, 5.41) is 0. The fourth-order valence-corrected chi connectivity index (χ4v) is 8.61. The van der Waals surface area contributed by atoms with E-state index < -0.39 is 0 Å². The monoisotopic (exact) mass is 1110 g/mol. The molecule has 1 unspecified atom stereocenters. The molecule has 6 aromatic carbocycles. The summed E-state index contributed by atoms with van der Waals surface area (Å²) in [6.45, 7) is 7.11. The summed E-state index contributed by atoms with van der Waals surface area (Å²) >= 11 is 0. The predicted octanol–water partition coefficient (Wildman–Crippen LogP) is 10.1. The summed E-state index contributed by atoms with van der Waals surface area (Å²) in [7, 11) is 16.7. The van der Waals surface area contributed by atoms with Crippen LogP contribution in [-0.4, -0.2) is 154 Å². The van der Waals surface area contributed by atoms with Crippen LogP contribution in [0.2, 0.25) is 0 Å². The number of hydrogen-bond donors (Lipinski definition) is 0. The Labute approximate surface area is 481 Å². The second-order valence-corrected chi connectivity index (χ2v) is 20.3. The first kappa shape index (κ1) is 65.9. The molecule has 0 amide bonds. The Kier molecular flexibility index (Phi) is 29.8. The van der Waals surface area contributed by atoms with Crippen LogP contribution >= 0.6 is 0 Å². The number of aryl methyl sites for hydroxylation is 6. The van der Waals surface area contributed by atoms with Gasteiger partial charge in [0.2, 0.25) is 0 Å². The van der Waals surface area contributed by atoms with Gasteiger partial charge in [-0.3, -0.25) is 14.4 Å². The van der Waals surface area contributed by atoms with Crippen molar-refractivity contribution in [1.29, 1.82) is 0 Å². The van der Waals surface area contributed by atoms with Crippen molar-refractivity contribution in [3.05, 3.63) is 179 Å². The molecular weight excluding hydrogens is 1030 g/mol. The first-order chi connectivity index (χ1) is 38.9. The van der Waals surface area contributed by atoms with E-state index in [0.29, 0.717) is 39.5 Å². The molecule has 0 fully saturated rings. The predicted molar refractivity (Wildman–Crippen MR) is 319 cm³/mol. The van der Waals surface area contributed by atoms with Gasteiger partial charge in [-0.05, 0) is 169 Å². The van der Waals surface area contributed by atoms with Crippen molar-refractivity contribution < 1.29 is 57.0 Å². The van der Waals surface area contributed by atoms with Crippen LogP contribution in [0.25, 0.3) is 0 Å². The molecular formula is C66H87N3O12. The molecule has 0 radical (unpaired) electrons. The van der Waals surface area contributed by atoms with E-state index in [1.54, 1.807) is 21.3 Å². The van der Waals surface area contributed by atoms with Gasteiger partial charge in [0.1, 0.15) is 72.6 Å². The van der Waals surface area contributed by atoms with Crippen LogP contribution in [-0.2, 0) is 67.1 Å². The summed E-state index contributed by atoms with van der Waals surface area (Å²) < 4.78 is 49.7. The first-order valence-corrected chi connectivity index (χ1v) is 27.4. The molecule has 0 aliphatic heterocycles. The Morgan fingerprint density at radius 3 is 0.790 bits per heavy atom. The zero-order valence-electron chi connectivity index (χ0n) is 49.8. The second-order valence-electron chi connectivity index (χ2n) is 20.3. The highest BCUT2D eigenvalue weighted by Crippen LogP contribution is 2.25. The molecule has 0 heterocycles. The second kappa shape index (κ2) is 36.6. The number of nitrogens with zero attached hydrogens (tertiary/aromatic N) is 3. The summed E-state index contributed by atoms with van der Waals surface area (Å²) in [4.78, 5) is 39.9. The maximum absolute atomic E-state index is 11.3. The summed E-state index contributed by atoms with van der Waals surface area (Å²) in [5.41, 5.74) is 7.15.